The number of thioether (sulfide) groups is 1. The van der Waals surface area contributed by atoms with E-state index in [4.69, 9.17) is 4.74 Å². The van der Waals surface area contributed by atoms with Crippen LogP contribution in [0.2, 0.25) is 0 Å². The average molecular weight is 376 g/mol. The van der Waals surface area contributed by atoms with Gasteiger partial charge in [-0.2, -0.15) is 10.2 Å². The number of carbonyl (C=O) groups is 1. The summed E-state index contributed by atoms with van der Waals surface area (Å²) in [7, 11) is 1.42. The van der Waals surface area contributed by atoms with Crippen LogP contribution in [0.5, 0.6) is 5.88 Å². The number of nitrogens with zero attached hydrogens (tertiary/aromatic N) is 2. The fourth-order valence-corrected chi connectivity index (χ4v) is 4.58. The highest BCUT2D eigenvalue weighted by Gasteiger charge is 2.21. The molecule has 0 spiro atoms. The molecule has 25 heavy (non-hydrogen) atoms. The number of hydrogen-bond acceptors (Lipinski definition) is 7. The molecule has 0 fully saturated rings. The molecule has 130 valence electrons. The second-order valence-corrected chi connectivity index (χ2v) is 7.53. The molecule has 1 aliphatic carbocycles. The predicted octanol–water partition coefficient (Wildman–Crippen LogP) is 2.32. The number of H-pyrrole nitrogens is 1. The van der Waals surface area contributed by atoms with Crippen molar-refractivity contribution in [3.8, 4) is 11.9 Å². The largest absolute Gasteiger partial charge is 0.481 e. The average Bonchev–Trinajstić information content (AvgIpc) is 2.96. The summed E-state index contributed by atoms with van der Waals surface area (Å²) in [5.74, 6) is 0.0266. The monoisotopic (exact) mass is 376 g/mol. The third-order valence-electron chi connectivity index (χ3n) is 3.78. The number of thiophene rings is 1. The number of aryl methyl sites for hydroxylation is 1. The fraction of sp³-hybridized carbons (Fsp3) is 0.375. The van der Waals surface area contributed by atoms with E-state index < -0.39 is 0 Å². The maximum absolute atomic E-state index is 12.2. The van der Waals surface area contributed by atoms with Gasteiger partial charge >= 0.3 is 0 Å². The first-order valence-electron chi connectivity index (χ1n) is 7.73. The number of ether oxygens (including phenoxy) is 1. The van der Waals surface area contributed by atoms with Gasteiger partial charge in [0.25, 0.3) is 5.56 Å². The highest BCUT2D eigenvalue weighted by atomic mass is 32.2. The molecule has 9 heteroatoms. The van der Waals surface area contributed by atoms with E-state index in [0.717, 1.165) is 43.0 Å². The van der Waals surface area contributed by atoms with Crippen LogP contribution in [0.1, 0.15) is 28.8 Å². The molecule has 0 saturated carbocycles. The lowest BCUT2D eigenvalue weighted by atomic mass is 9.96. The molecular weight excluding hydrogens is 360 g/mol. The van der Waals surface area contributed by atoms with E-state index in [2.05, 4.69) is 21.4 Å². The first-order valence-corrected chi connectivity index (χ1v) is 9.53. The highest BCUT2D eigenvalue weighted by molar-refractivity contribution is 7.99. The summed E-state index contributed by atoms with van der Waals surface area (Å²) in [4.78, 5) is 31.5. The molecule has 2 N–H and O–H groups in total. The maximum atomic E-state index is 12.2. The number of amides is 1. The van der Waals surface area contributed by atoms with Gasteiger partial charge < -0.3 is 15.0 Å². The summed E-state index contributed by atoms with van der Waals surface area (Å²) >= 11 is 2.59. The summed E-state index contributed by atoms with van der Waals surface area (Å²) in [6.07, 6.45) is 4.07. The third-order valence-corrected chi connectivity index (χ3v) is 5.86. The molecule has 0 atom stereocenters. The lowest BCUT2D eigenvalue weighted by molar-refractivity contribution is -0.113. The number of carbonyl (C=O) groups excluding carboxylic acids is 1. The Morgan fingerprint density at radius 3 is 3.08 bits per heavy atom. The number of rotatable bonds is 5. The molecule has 0 saturated heterocycles. The summed E-state index contributed by atoms with van der Waals surface area (Å²) < 4.78 is 4.94. The van der Waals surface area contributed by atoms with E-state index in [1.807, 2.05) is 0 Å². The van der Waals surface area contributed by atoms with Crippen LogP contribution in [0, 0.1) is 11.3 Å². The van der Waals surface area contributed by atoms with Crippen LogP contribution in [0.25, 0.3) is 0 Å². The quantitative estimate of drug-likeness (QED) is 0.612. The van der Waals surface area contributed by atoms with Crippen molar-refractivity contribution in [1.82, 2.24) is 9.97 Å². The van der Waals surface area contributed by atoms with E-state index in [1.54, 1.807) is 0 Å². The number of anilines is 1. The van der Waals surface area contributed by atoms with E-state index in [9.17, 15) is 14.9 Å². The zero-order valence-electron chi connectivity index (χ0n) is 13.5. The summed E-state index contributed by atoms with van der Waals surface area (Å²) in [6, 6.07) is 3.45. The lowest BCUT2D eigenvalue weighted by Crippen LogP contribution is -2.15. The van der Waals surface area contributed by atoms with Crippen molar-refractivity contribution in [3.63, 3.8) is 0 Å². The molecule has 1 aliphatic rings. The number of aromatic amines is 1. The van der Waals surface area contributed by atoms with Gasteiger partial charge in [0.05, 0.1) is 24.5 Å². The Morgan fingerprint density at radius 2 is 2.32 bits per heavy atom. The second kappa shape index (κ2) is 7.72. The van der Waals surface area contributed by atoms with E-state index in [-0.39, 0.29) is 23.1 Å². The molecule has 2 aromatic rings. The molecule has 1 amide bonds. The first kappa shape index (κ1) is 17.5. The number of hydrogen-bond donors (Lipinski definition) is 2. The number of methoxy groups -OCH3 is 1. The second-order valence-electron chi connectivity index (χ2n) is 5.46. The van der Waals surface area contributed by atoms with E-state index >= 15 is 0 Å². The van der Waals surface area contributed by atoms with Gasteiger partial charge in [-0.25, -0.2) is 0 Å². The Morgan fingerprint density at radius 1 is 1.52 bits per heavy atom. The van der Waals surface area contributed by atoms with Gasteiger partial charge in [-0.15, -0.1) is 11.3 Å². The Bertz CT molecular complexity index is 898. The highest BCUT2D eigenvalue weighted by Crippen LogP contribution is 2.37. The summed E-state index contributed by atoms with van der Waals surface area (Å²) in [5, 5.41) is 13.2. The Labute approximate surface area is 152 Å². The smallest absolute Gasteiger partial charge is 0.255 e. The minimum Gasteiger partial charge on any atom is -0.481 e. The van der Waals surface area contributed by atoms with Crippen LogP contribution in [0.3, 0.4) is 0 Å². The Balaban J connectivity index is 1.67. The third kappa shape index (κ3) is 4.03. The molecule has 2 aromatic heterocycles. The standard InChI is InChI=1S/C16H16N4O3S2/c1-23-14-6-12(21)19-16(20-14)24-8-13(22)18-15-10(7-17)9-4-2-3-5-11(9)25-15/h6H,2-5,8H2,1H3,(H,18,22)(H,19,20,21). The zero-order chi connectivity index (χ0) is 17.8. The van der Waals surface area contributed by atoms with Crippen LogP contribution < -0.4 is 15.6 Å². The minimum atomic E-state index is -0.340. The van der Waals surface area contributed by atoms with Crippen molar-refractivity contribution in [2.75, 3.05) is 18.2 Å². The van der Waals surface area contributed by atoms with Crippen molar-refractivity contribution < 1.29 is 9.53 Å². The minimum absolute atomic E-state index is 0.0730. The SMILES string of the molecule is COc1cc(=O)[nH]c(SCC(=O)Nc2sc3c(c2C#N)CCCC3)n1. The molecule has 3 rings (SSSR count). The van der Waals surface area contributed by atoms with Crippen LogP contribution in [-0.4, -0.2) is 28.7 Å². The molecule has 0 radical (unpaired) electrons. The van der Waals surface area contributed by atoms with Gasteiger partial charge in [-0.05, 0) is 31.2 Å². The van der Waals surface area contributed by atoms with Gasteiger partial charge in [-0.1, -0.05) is 11.8 Å². The number of nitriles is 1. The lowest BCUT2D eigenvalue weighted by Gasteiger charge is -2.09. The van der Waals surface area contributed by atoms with E-state index in [1.165, 1.54) is 29.4 Å². The Kier molecular flexibility index (Phi) is 5.40. The topological polar surface area (TPSA) is 108 Å². The van der Waals surface area contributed by atoms with Crippen molar-refractivity contribution in [1.29, 1.82) is 5.26 Å². The van der Waals surface area contributed by atoms with Gasteiger partial charge in [0.1, 0.15) is 11.1 Å². The van der Waals surface area contributed by atoms with Gasteiger partial charge in [-0.3, -0.25) is 9.59 Å². The van der Waals surface area contributed by atoms with Crippen molar-refractivity contribution in [2.24, 2.45) is 0 Å². The Hall–Kier alpha value is -2.31. The van der Waals surface area contributed by atoms with Crippen molar-refractivity contribution in [2.45, 2.75) is 30.8 Å². The van der Waals surface area contributed by atoms with Crippen LogP contribution in [0.15, 0.2) is 16.0 Å². The van der Waals surface area contributed by atoms with Crippen LogP contribution >= 0.6 is 23.1 Å². The van der Waals surface area contributed by atoms with E-state index in [0.29, 0.717) is 15.7 Å². The normalized spacial score (nSPS) is 13.0. The number of fused-ring (bicyclic) bond motifs is 1. The number of nitrogens with one attached hydrogen (secondary N) is 2. The first-order chi connectivity index (χ1) is 12.1. The summed E-state index contributed by atoms with van der Waals surface area (Å²) in [5.41, 5.74) is 1.33. The molecule has 7 nitrogen and oxygen atoms in total. The molecule has 0 aromatic carbocycles. The summed E-state index contributed by atoms with van der Waals surface area (Å²) in [6.45, 7) is 0. The molecule has 2 heterocycles. The zero-order valence-corrected chi connectivity index (χ0v) is 15.2. The van der Waals surface area contributed by atoms with Gasteiger partial charge in [0, 0.05) is 4.88 Å². The van der Waals surface area contributed by atoms with Gasteiger partial charge in [0.15, 0.2) is 5.16 Å². The molecular formula is C16H16N4O3S2. The van der Waals surface area contributed by atoms with Crippen LogP contribution in [-0.2, 0) is 17.6 Å². The predicted molar refractivity (Wildman–Crippen MR) is 96.4 cm³/mol. The number of aromatic nitrogens is 2. The van der Waals surface area contributed by atoms with Crippen LogP contribution in [0.4, 0.5) is 5.00 Å². The van der Waals surface area contributed by atoms with Crippen molar-refractivity contribution in [3.05, 3.63) is 32.4 Å². The molecule has 0 bridgehead atoms. The molecule has 0 unspecified atom stereocenters. The fourth-order valence-electron chi connectivity index (χ4n) is 2.66. The maximum Gasteiger partial charge on any atom is 0.255 e. The van der Waals surface area contributed by atoms with Gasteiger partial charge in [0.2, 0.25) is 11.8 Å². The van der Waals surface area contributed by atoms with Crippen molar-refractivity contribution >= 4 is 34.0 Å². The molecule has 0 aliphatic heterocycles.